The fourth-order valence-electron chi connectivity index (χ4n) is 3.68. The van der Waals surface area contributed by atoms with Gasteiger partial charge >= 0.3 is 0 Å². The SMILES string of the molecule is c1cc(-c2nc3cc4c(cc3cc2CNCCN2CCOCC2)OCO4)cs1. The maximum atomic E-state index is 5.53. The molecule has 1 N–H and O–H groups in total. The van der Waals surface area contributed by atoms with Gasteiger partial charge in [0.25, 0.3) is 0 Å². The van der Waals surface area contributed by atoms with Crippen LogP contribution in [0.2, 0.25) is 0 Å². The molecule has 2 aliphatic heterocycles. The summed E-state index contributed by atoms with van der Waals surface area (Å²) in [6, 6.07) is 8.35. The van der Waals surface area contributed by atoms with Gasteiger partial charge in [-0.05, 0) is 29.1 Å². The van der Waals surface area contributed by atoms with E-state index < -0.39 is 0 Å². The second kappa shape index (κ2) is 8.05. The van der Waals surface area contributed by atoms with Gasteiger partial charge in [0.05, 0.1) is 24.4 Å². The zero-order valence-electron chi connectivity index (χ0n) is 15.6. The summed E-state index contributed by atoms with van der Waals surface area (Å²) in [5.41, 5.74) is 4.33. The number of pyridine rings is 1. The van der Waals surface area contributed by atoms with Crippen molar-refractivity contribution in [1.29, 1.82) is 0 Å². The number of benzene rings is 1. The molecule has 0 atom stereocenters. The highest BCUT2D eigenvalue weighted by Crippen LogP contribution is 2.37. The highest BCUT2D eigenvalue weighted by Gasteiger charge is 2.17. The zero-order valence-corrected chi connectivity index (χ0v) is 16.5. The third kappa shape index (κ3) is 3.71. The van der Waals surface area contributed by atoms with Gasteiger partial charge in [-0.3, -0.25) is 4.90 Å². The van der Waals surface area contributed by atoms with E-state index >= 15 is 0 Å². The van der Waals surface area contributed by atoms with Crippen molar-refractivity contribution in [2.75, 3.05) is 46.2 Å². The molecule has 2 aliphatic rings. The van der Waals surface area contributed by atoms with Crippen molar-refractivity contribution in [1.82, 2.24) is 15.2 Å². The van der Waals surface area contributed by atoms with Crippen molar-refractivity contribution in [3.63, 3.8) is 0 Å². The Hall–Kier alpha value is -2.19. The van der Waals surface area contributed by atoms with Crippen molar-refractivity contribution in [3.05, 3.63) is 40.6 Å². The molecule has 0 aliphatic carbocycles. The molecule has 28 heavy (non-hydrogen) atoms. The third-order valence-corrected chi connectivity index (χ3v) is 5.89. The normalized spacial score (nSPS) is 16.7. The van der Waals surface area contributed by atoms with Crippen molar-refractivity contribution in [3.8, 4) is 22.8 Å². The molecule has 0 saturated carbocycles. The van der Waals surface area contributed by atoms with Crippen LogP contribution in [0.5, 0.6) is 11.5 Å². The van der Waals surface area contributed by atoms with Crippen LogP contribution in [0.4, 0.5) is 0 Å². The van der Waals surface area contributed by atoms with Gasteiger partial charge in [-0.25, -0.2) is 4.98 Å². The number of nitrogens with one attached hydrogen (secondary N) is 1. The van der Waals surface area contributed by atoms with Crippen LogP contribution in [0.15, 0.2) is 35.0 Å². The molecule has 4 heterocycles. The number of rotatable bonds is 6. The van der Waals surface area contributed by atoms with Gasteiger partial charge in [-0.1, -0.05) is 0 Å². The first kappa shape index (κ1) is 17.9. The minimum Gasteiger partial charge on any atom is -0.454 e. The van der Waals surface area contributed by atoms with E-state index in [1.807, 2.05) is 12.1 Å². The van der Waals surface area contributed by atoms with E-state index in [9.17, 15) is 0 Å². The average Bonchev–Trinajstić information content (AvgIpc) is 3.41. The highest BCUT2D eigenvalue weighted by atomic mass is 32.1. The van der Waals surface area contributed by atoms with Crippen LogP contribution in [-0.2, 0) is 11.3 Å². The van der Waals surface area contributed by atoms with Gasteiger partial charge in [-0.2, -0.15) is 11.3 Å². The molecule has 146 valence electrons. The molecule has 5 rings (SSSR count). The summed E-state index contributed by atoms with van der Waals surface area (Å²) in [5, 5.41) is 8.92. The first-order chi connectivity index (χ1) is 13.9. The summed E-state index contributed by atoms with van der Waals surface area (Å²) in [7, 11) is 0. The van der Waals surface area contributed by atoms with Gasteiger partial charge in [0, 0.05) is 55.1 Å². The third-order valence-electron chi connectivity index (χ3n) is 5.21. The van der Waals surface area contributed by atoms with Crippen LogP contribution in [0.3, 0.4) is 0 Å². The lowest BCUT2D eigenvalue weighted by Crippen LogP contribution is -2.40. The molecule has 0 bridgehead atoms. The van der Waals surface area contributed by atoms with Crippen molar-refractivity contribution < 1.29 is 14.2 Å². The van der Waals surface area contributed by atoms with E-state index in [0.29, 0.717) is 0 Å². The maximum Gasteiger partial charge on any atom is 0.231 e. The maximum absolute atomic E-state index is 5.53. The second-order valence-electron chi connectivity index (χ2n) is 7.04. The summed E-state index contributed by atoms with van der Waals surface area (Å²) in [6.45, 7) is 6.77. The molecule has 2 aromatic heterocycles. The van der Waals surface area contributed by atoms with Gasteiger partial charge in [0.1, 0.15) is 0 Å². The van der Waals surface area contributed by atoms with E-state index in [0.717, 1.165) is 79.6 Å². The van der Waals surface area contributed by atoms with Gasteiger partial charge in [0.15, 0.2) is 11.5 Å². The number of morpholine rings is 1. The number of fused-ring (bicyclic) bond motifs is 2. The molecule has 7 heteroatoms. The molecule has 0 radical (unpaired) electrons. The van der Waals surface area contributed by atoms with Crippen LogP contribution in [0.25, 0.3) is 22.2 Å². The summed E-state index contributed by atoms with van der Waals surface area (Å²) in [5.74, 6) is 1.57. The molecule has 0 unspecified atom stereocenters. The molecule has 0 amide bonds. The van der Waals surface area contributed by atoms with Crippen LogP contribution in [-0.4, -0.2) is 56.1 Å². The van der Waals surface area contributed by atoms with Crippen molar-refractivity contribution in [2.24, 2.45) is 0 Å². The summed E-state index contributed by atoms with van der Waals surface area (Å²) in [6.07, 6.45) is 0. The van der Waals surface area contributed by atoms with Crippen molar-refractivity contribution >= 4 is 22.2 Å². The number of nitrogens with zero attached hydrogens (tertiary/aromatic N) is 2. The number of aromatic nitrogens is 1. The van der Waals surface area contributed by atoms with Crippen molar-refractivity contribution in [2.45, 2.75) is 6.54 Å². The fraction of sp³-hybridized carbons (Fsp3) is 0.381. The lowest BCUT2D eigenvalue weighted by Gasteiger charge is -2.26. The number of thiophene rings is 1. The Morgan fingerprint density at radius 1 is 1.11 bits per heavy atom. The Bertz CT molecular complexity index is 955. The fourth-order valence-corrected chi connectivity index (χ4v) is 4.32. The molecule has 0 spiro atoms. The first-order valence-electron chi connectivity index (χ1n) is 9.63. The average molecular weight is 398 g/mol. The number of ether oxygens (including phenoxy) is 3. The van der Waals surface area contributed by atoms with E-state index in [1.54, 1.807) is 11.3 Å². The van der Waals surface area contributed by atoms with E-state index in [4.69, 9.17) is 19.2 Å². The Morgan fingerprint density at radius 2 is 1.96 bits per heavy atom. The predicted octanol–water partition coefficient (Wildman–Crippen LogP) is 3.11. The summed E-state index contributed by atoms with van der Waals surface area (Å²) < 4.78 is 16.5. The number of hydrogen-bond acceptors (Lipinski definition) is 7. The molecular formula is C21H23N3O3S. The minimum absolute atomic E-state index is 0.277. The second-order valence-corrected chi connectivity index (χ2v) is 7.82. The van der Waals surface area contributed by atoms with Crippen LogP contribution >= 0.6 is 11.3 Å². The van der Waals surface area contributed by atoms with Gasteiger partial charge < -0.3 is 19.5 Å². The Balaban J connectivity index is 1.37. The van der Waals surface area contributed by atoms with Crippen LogP contribution in [0, 0.1) is 0 Å². The first-order valence-corrected chi connectivity index (χ1v) is 10.6. The largest absolute Gasteiger partial charge is 0.454 e. The predicted molar refractivity (Wildman–Crippen MR) is 110 cm³/mol. The number of hydrogen-bond donors (Lipinski definition) is 1. The molecule has 6 nitrogen and oxygen atoms in total. The topological polar surface area (TPSA) is 55.9 Å². The minimum atomic E-state index is 0.277. The summed E-state index contributed by atoms with van der Waals surface area (Å²) >= 11 is 1.69. The summed E-state index contributed by atoms with van der Waals surface area (Å²) in [4.78, 5) is 7.41. The smallest absolute Gasteiger partial charge is 0.231 e. The van der Waals surface area contributed by atoms with E-state index in [1.165, 1.54) is 5.56 Å². The highest BCUT2D eigenvalue weighted by molar-refractivity contribution is 7.08. The van der Waals surface area contributed by atoms with Gasteiger partial charge in [0.2, 0.25) is 6.79 Å². The molecular weight excluding hydrogens is 374 g/mol. The lowest BCUT2D eigenvalue weighted by atomic mass is 10.0. The Kier molecular flexibility index (Phi) is 5.14. The van der Waals surface area contributed by atoms with Crippen LogP contribution < -0.4 is 14.8 Å². The molecule has 1 aromatic carbocycles. The molecule has 3 aromatic rings. The molecule has 1 fully saturated rings. The molecule has 1 saturated heterocycles. The lowest BCUT2D eigenvalue weighted by molar-refractivity contribution is 0.0384. The van der Waals surface area contributed by atoms with Gasteiger partial charge in [-0.15, -0.1) is 0 Å². The quantitative estimate of drug-likeness (QED) is 0.645. The van der Waals surface area contributed by atoms with Crippen LogP contribution in [0.1, 0.15) is 5.56 Å². The zero-order chi connectivity index (χ0) is 18.8. The Morgan fingerprint density at radius 3 is 2.79 bits per heavy atom. The monoisotopic (exact) mass is 397 g/mol. The van der Waals surface area contributed by atoms with E-state index in [2.05, 4.69) is 33.1 Å². The standard InChI is InChI=1S/C21H23N3O3S/c1-8-28-13-15(1)21-17(12-22-2-3-24-4-6-25-7-5-24)9-16-10-19-20(27-14-26-19)11-18(16)23-21/h1,8-11,13,22H,2-7,12,14H2. The Labute approximate surface area is 168 Å². The van der Waals surface area contributed by atoms with E-state index in [-0.39, 0.29) is 6.79 Å².